The summed E-state index contributed by atoms with van der Waals surface area (Å²) in [5, 5.41) is 2.99. The summed E-state index contributed by atoms with van der Waals surface area (Å²) in [6, 6.07) is 23.9. The number of rotatable bonds is 10. The minimum atomic E-state index is -3.82. The monoisotopic (exact) mass is 450 g/mol. The van der Waals surface area contributed by atoms with E-state index < -0.39 is 10.0 Å². The number of nitrogens with zero attached hydrogens (tertiary/aromatic N) is 1. The van der Waals surface area contributed by atoms with Gasteiger partial charge in [0.15, 0.2) is 0 Å². The molecule has 0 unspecified atom stereocenters. The summed E-state index contributed by atoms with van der Waals surface area (Å²) >= 11 is 0. The fourth-order valence-corrected chi connectivity index (χ4v) is 5.08. The molecular formula is C26H30N2O3S. The molecule has 0 aromatic heterocycles. The molecule has 0 fully saturated rings. The highest BCUT2D eigenvalue weighted by Gasteiger charge is 2.26. The number of carbonyl (C=O) groups excluding carboxylic acids is 1. The van der Waals surface area contributed by atoms with E-state index in [1.807, 2.05) is 62.4 Å². The van der Waals surface area contributed by atoms with E-state index in [1.165, 1.54) is 4.31 Å². The fraction of sp³-hybridized carbons (Fsp3) is 0.269. The second-order valence-electron chi connectivity index (χ2n) is 7.59. The van der Waals surface area contributed by atoms with Gasteiger partial charge in [0.05, 0.1) is 11.4 Å². The molecule has 0 aliphatic carbocycles. The molecule has 1 amide bonds. The average molecular weight is 451 g/mol. The van der Waals surface area contributed by atoms with Crippen LogP contribution in [0.1, 0.15) is 30.5 Å². The van der Waals surface area contributed by atoms with Crippen molar-refractivity contribution < 1.29 is 13.2 Å². The Morgan fingerprint density at radius 2 is 1.38 bits per heavy atom. The molecule has 0 aliphatic heterocycles. The number of amides is 1. The van der Waals surface area contributed by atoms with Crippen LogP contribution in [0.25, 0.3) is 0 Å². The maximum absolute atomic E-state index is 13.3. The lowest BCUT2D eigenvalue weighted by molar-refractivity contribution is -0.116. The maximum Gasteiger partial charge on any atom is 0.243 e. The van der Waals surface area contributed by atoms with Crippen molar-refractivity contribution in [1.29, 1.82) is 0 Å². The van der Waals surface area contributed by atoms with Crippen molar-refractivity contribution in [1.82, 2.24) is 4.31 Å². The van der Waals surface area contributed by atoms with Crippen LogP contribution in [-0.4, -0.2) is 31.7 Å². The van der Waals surface area contributed by atoms with Gasteiger partial charge in [-0.2, -0.15) is 4.31 Å². The first kappa shape index (κ1) is 23.7. The van der Waals surface area contributed by atoms with E-state index in [9.17, 15) is 13.2 Å². The number of carbonyl (C=O) groups is 1. The van der Waals surface area contributed by atoms with E-state index in [2.05, 4.69) is 5.32 Å². The van der Waals surface area contributed by atoms with Gasteiger partial charge in [0.1, 0.15) is 0 Å². The summed E-state index contributed by atoms with van der Waals surface area (Å²) in [4.78, 5) is 13.2. The molecule has 0 saturated heterocycles. The van der Waals surface area contributed by atoms with Crippen molar-refractivity contribution in [2.24, 2.45) is 0 Å². The fourth-order valence-electron chi connectivity index (χ4n) is 3.67. The van der Waals surface area contributed by atoms with Crippen LogP contribution in [0, 0.1) is 0 Å². The molecule has 0 bridgehead atoms. The number of para-hydroxylation sites is 1. The van der Waals surface area contributed by atoms with E-state index in [1.54, 1.807) is 30.3 Å². The summed E-state index contributed by atoms with van der Waals surface area (Å²) in [6.45, 7) is 4.04. The summed E-state index contributed by atoms with van der Waals surface area (Å²) in [7, 11) is -3.82. The molecule has 0 spiro atoms. The Bertz CT molecular complexity index is 1110. The molecule has 3 aromatic carbocycles. The van der Waals surface area contributed by atoms with E-state index in [0.717, 1.165) is 35.2 Å². The zero-order valence-corrected chi connectivity index (χ0v) is 19.4. The molecule has 5 nitrogen and oxygen atoms in total. The van der Waals surface area contributed by atoms with E-state index in [-0.39, 0.29) is 23.9 Å². The van der Waals surface area contributed by atoms with Crippen molar-refractivity contribution in [3.63, 3.8) is 0 Å². The molecular weight excluding hydrogens is 420 g/mol. The summed E-state index contributed by atoms with van der Waals surface area (Å²) in [6.07, 6.45) is 2.08. The third kappa shape index (κ3) is 5.84. The average Bonchev–Trinajstić information content (AvgIpc) is 2.83. The van der Waals surface area contributed by atoms with Gasteiger partial charge in [-0.3, -0.25) is 4.79 Å². The van der Waals surface area contributed by atoms with Gasteiger partial charge in [0.25, 0.3) is 0 Å². The van der Waals surface area contributed by atoms with Crippen molar-refractivity contribution in [2.45, 2.75) is 38.0 Å². The van der Waals surface area contributed by atoms with Gasteiger partial charge in [0, 0.05) is 12.2 Å². The van der Waals surface area contributed by atoms with Crippen LogP contribution in [0.3, 0.4) is 0 Å². The number of anilines is 1. The predicted octanol–water partition coefficient (Wildman–Crippen LogP) is 4.68. The largest absolute Gasteiger partial charge is 0.324 e. The number of sulfonamides is 1. The van der Waals surface area contributed by atoms with Gasteiger partial charge in [0.2, 0.25) is 15.9 Å². The summed E-state index contributed by atoms with van der Waals surface area (Å²) in [5.41, 5.74) is 3.90. The molecule has 3 rings (SSSR count). The second kappa shape index (κ2) is 11.1. The molecule has 0 atom stereocenters. The van der Waals surface area contributed by atoms with Gasteiger partial charge in [-0.1, -0.05) is 80.6 Å². The van der Waals surface area contributed by atoms with E-state index in [4.69, 9.17) is 0 Å². The standard InChI is InChI=1S/C26H30N2O3S/c1-3-22-14-11-15-23(4-2)26(22)27-25(29)20-28(19-18-21-12-7-5-8-13-21)32(30,31)24-16-9-6-10-17-24/h5-17H,3-4,18-20H2,1-2H3,(H,27,29). The molecule has 168 valence electrons. The van der Waals surface area contributed by atoms with Gasteiger partial charge in [-0.05, 0) is 48.1 Å². The smallest absolute Gasteiger partial charge is 0.243 e. The molecule has 6 heteroatoms. The Morgan fingerprint density at radius 1 is 0.812 bits per heavy atom. The topological polar surface area (TPSA) is 66.5 Å². The second-order valence-corrected chi connectivity index (χ2v) is 9.53. The minimum Gasteiger partial charge on any atom is -0.324 e. The van der Waals surface area contributed by atoms with Crippen molar-refractivity contribution in [2.75, 3.05) is 18.4 Å². The Balaban J connectivity index is 1.84. The van der Waals surface area contributed by atoms with Crippen LogP contribution in [0.5, 0.6) is 0 Å². The molecule has 0 aliphatic rings. The SMILES string of the molecule is CCc1cccc(CC)c1NC(=O)CN(CCc1ccccc1)S(=O)(=O)c1ccccc1. The lowest BCUT2D eigenvalue weighted by atomic mass is 10.0. The Hall–Kier alpha value is -2.96. The molecule has 32 heavy (non-hydrogen) atoms. The molecule has 0 heterocycles. The predicted molar refractivity (Wildman–Crippen MR) is 129 cm³/mol. The van der Waals surface area contributed by atoms with E-state index in [0.29, 0.717) is 6.42 Å². The quantitative estimate of drug-likeness (QED) is 0.488. The van der Waals surface area contributed by atoms with Crippen molar-refractivity contribution >= 4 is 21.6 Å². The van der Waals surface area contributed by atoms with Crippen LogP contribution in [0.2, 0.25) is 0 Å². The van der Waals surface area contributed by atoms with Crippen LogP contribution in [-0.2, 0) is 34.1 Å². The van der Waals surface area contributed by atoms with E-state index >= 15 is 0 Å². The highest BCUT2D eigenvalue weighted by atomic mass is 32.2. The van der Waals surface area contributed by atoms with Gasteiger partial charge in [-0.15, -0.1) is 0 Å². The number of benzene rings is 3. The summed E-state index contributed by atoms with van der Waals surface area (Å²) < 4.78 is 27.9. The molecule has 0 radical (unpaired) electrons. The first-order valence-corrected chi connectivity index (χ1v) is 12.4. The third-order valence-electron chi connectivity index (χ3n) is 5.46. The Labute approximate surface area is 191 Å². The lowest BCUT2D eigenvalue weighted by Crippen LogP contribution is -2.39. The lowest BCUT2D eigenvalue weighted by Gasteiger charge is -2.23. The molecule has 0 saturated carbocycles. The van der Waals surface area contributed by atoms with Crippen molar-refractivity contribution in [3.8, 4) is 0 Å². The van der Waals surface area contributed by atoms with Gasteiger partial charge in [-0.25, -0.2) is 8.42 Å². The molecule has 1 N–H and O–H groups in total. The number of nitrogens with one attached hydrogen (secondary N) is 1. The number of aryl methyl sites for hydroxylation is 2. The highest BCUT2D eigenvalue weighted by Crippen LogP contribution is 2.23. The number of hydrogen-bond donors (Lipinski definition) is 1. The molecule has 3 aromatic rings. The first-order valence-electron chi connectivity index (χ1n) is 11.0. The highest BCUT2D eigenvalue weighted by molar-refractivity contribution is 7.89. The zero-order valence-electron chi connectivity index (χ0n) is 18.6. The minimum absolute atomic E-state index is 0.184. The number of hydrogen-bond acceptors (Lipinski definition) is 3. The summed E-state index contributed by atoms with van der Waals surface area (Å²) in [5.74, 6) is -0.340. The van der Waals surface area contributed by atoms with Crippen molar-refractivity contribution in [3.05, 3.63) is 95.6 Å². The van der Waals surface area contributed by atoms with Crippen LogP contribution >= 0.6 is 0 Å². The van der Waals surface area contributed by atoms with Gasteiger partial charge < -0.3 is 5.32 Å². The van der Waals surface area contributed by atoms with Crippen LogP contribution in [0.4, 0.5) is 5.69 Å². The third-order valence-corrected chi connectivity index (χ3v) is 7.32. The Kier molecular flexibility index (Phi) is 8.20. The zero-order chi connectivity index (χ0) is 23.0. The normalized spacial score (nSPS) is 11.5. The van der Waals surface area contributed by atoms with Crippen LogP contribution in [0.15, 0.2) is 83.8 Å². The Morgan fingerprint density at radius 3 is 1.94 bits per heavy atom. The first-order chi connectivity index (χ1) is 15.5. The van der Waals surface area contributed by atoms with Crippen LogP contribution < -0.4 is 5.32 Å². The van der Waals surface area contributed by atoms with Gasteiger partial charge >= 0.3 is 0 Å². The maximum atomic E-state index is 13.3.